The summed E-state index contributed by atoms with van der Waals surface area (Å²) in [5, 5.41) is 14.2. The second kappa shape index (κ2) is 9.98. The lowest BCUT2D eigenvalue weighted by Crippen LogP contribution is -2.41. The number of hydrogen-bond acceptors (Lipinski definition) is 5. The molecule has 1 atom stereocenters. The summed E-state index contributed by atoms with van der Waals surface area (Å²) in [6.07, 6.45) is 7.71. The largest absolute Gasteiger partial charge is 0.322 e. The monoisotopic (exact) mass is 464 g/mol. The Bertz CT molecular complexity index is 1190. The maximum atomic E-state index is 13.2. The van der Waals surface area contributed by atoms with Gasteiger partial charge in [-0.1, -0.05) is 33.1 Å². The Morgan fingerprint density at radius 2 is 1.85 bits per heavy atom. The topological polar surface area (TPSA) is 79.7 Å². The lowest BCUT2D eigenvalue weighted by Gasteiger charge is -2.37. The average molecular weight is 465 g/mol. The Hall–Kier alpha value is -2.54. The van der Waals surface area contributed by atoms with E-state index in [-0.39, 0.29) is 17.1 Å². The van der Waals surface area contributed by atoms with Crippen LogP contribution in [0.25, 0.3) is 10.9 Å². The van der Waals surface area contributed by atoms with Crippen LogP contribution in [0.3, 0.4) is 0 Å². The summed E-state index contributed by atoms with van der Waals surface area (Å²) in [6, 6.07) is 6.85. The van der Waals surface area contributed by atoms with E-state index in [1.165, 1.54) is 24.0 Å². The summed E-state index contributed by atoms with van der Waals surface area (Å²) in [6.45, 7) is 13.6. The molecule has 1 saturated carbocycles. The number of tetrazole rings is 1. The Kier molecular flexibility index (Phi) is 7.22. The van der Waals surface area contributed by atoms with Gasteiger partial charge in [-0.05, 0) is 98.5 Å². The zero-order valence-electron chi connectivity index (χ0n) is 21.7. The number of H-pyrrole nitrogens is 1. The molecule has 34 heavy (non-hydrogen) atoms. The first kappa shape index (κ1) is 24.6. The standard InChI is InChI=1S/C27H40N6O/c1-7-11-24(25-29-30-31-33(25)27(5,6)8-2)32(22-12-9-10-13-22)17-21-16-20-14-18(3)19(4)15-23(20)28-26(21)34/h14-16,22,24H,7-13,17H2,1-6H3,(H,28,34). The van der Waals surface area contributed by atoms with Crippen LogP contribution < -0.4 is 5.56 Å². The van der Waals surface area contributed by atoms with Crippen molar-refractivity contribution in [3.8, 4) is 0 Å². The van der Waals surface area contributed by atoms with Gasteiger partial charge in [0.1, 0.15) is 0 Å². The third kappa shape index (κ3) is 4.81. The molecule has 1 N–H and O–H groups in total. The van der Waals surface area contributed by atoms with Crippen LogP contribution in [0.1, 0.15) is 101 Å². The molecule has 0 spiro atoms. The van der Waals surface area contributed by atoms with Crippen LogP contribution in [-0.4, -0.2) is 36.1 Å². The minimum absolute atomic E-state index is 0.00229. The summed E-state index contributed by atoms with van der Waals surface area (Å²) in [7, 11) is 0. The molecule has 184 valence electrons. The van der Waals surface area contributed by atoms with Crippen molar-refractivity contribution in [3.63, 3.8) is 0 Å². The minimum Gasteiger partial charge on any atom is -0.322 e. The highest BCUT2D eigenvalue weighted by molar-refractivity contribution is 5.80. The van der Waals surface area contributed by atoms with Gasteiger partial charge in [0.25, 0.3) is 5.56 Å². The van der Waals surface area contributed by atoms with Gasteiger partial charge in [0, 0.05) is 23.7 Å². The highest BCUT2D eigenvalue weighted by Gasteiger charge is 2.35. The first-order chi connectivity index (χ1) is 16.2. The van der Waals surface area contributed by atoms with Crippen LogP contribution in [0.5, 0.6) is 0 Å². The molecule has 4 rings (SSSR count). The number of aryl methyl sites for hydroxylation is 2. The second-order valence-corrected chi connectivity index (χ2v) is 10.7. The third-order valence-corrected chi connectivity index (χ3v) is 7.87. The number of benzene rings is 1. The maximum absolute atomic E-state index is 13.2. The van der Waals surface area contributed by atoms with Gasteiger partial charge >= 0.3 is 0 Å². The highest BCUT2D eigenvalue weighted by atomic mass is 16.1. The molecular formula is C27H40N6O. The summed E-state index contributed by atoms with van der Waals surface area (Å²) in [4.78, 5) is 18.9. The molecule has 0 amide bonds. The molecule has 0 aliphatic heterocycles. The molecule has 3 aromatic rings. The average Bonchev–Trinajstić information content (AvgIpc) is 3.50. The van der Waals surface area contributed by atoms with Gasteiger partial charge < -0.3 is 4.98 Å². The number of aromatic nitrogens is 5. The zero-order chi connectivity index (χ0) is 24.5. The fraction of sp³-hybridized carbons (Fsp3) is 0.630. The van der Waals surface area contributed by atoms with Crippen molar-refractivity contribution in [2.45, 2.75) is 111 Å². The summed E-state index contributed by atoms with van der Waals surface area (Å²) < 4.78 is 2.02. The van der Waals surface area contributed by atoms with E-state index in [2.05, 4.69) is 85.2 Å². The summed E-state index contributed by atoms with van der Waals surface area (Å²) in [5.74, 6) is 0.921. The highest BCUT2D eigenvalue weighted by Crippen LogP contribution is 2.36. The predicted octanol–water partition coefficient (Wildman–Crippen LogP) is 5.56. The Morgan fingerprint density at radius 3 is 2.53 bits per heavy atom. The molecule has 2 aromatic heterocycles. The van der Waals surface area contributed by atoms with Crippen molar-refractivity contribution in [2.24, 2.45) is 0 Å². The first-order valence-corrected chi connectivity index (χ1v) is 12.9. The molecular weight excluding hydrogens is 424 g/mol. The minimum atomic E-state index is -0.165. The molecule has 1 aromatic carbocycles. The van der Waals surface area contributed by atoms with Crippen LogP contribution in [0.2, 0.25) is 0 Å². The van der Waals surface area contributed by atoms with Crippen LogP contribution >= 0.6 is 0 Å². The lowest BCUT2D eigenvalue weighted by atomic mass is 9.99. The number of fused-ring (bicyclic) bond motifs is 1. The molecule has 0 bridgehead atoms. The Labute approximate surface area is 202 Å². The van der Waals surface area contributed by atoms with E-state index < -0.39 is 0 Å². The molecule has 1 fully saturated rings. The number of aromatic amines is 1. The van der Waals surface area contributed by atoms with E-state index in [1.807, 2.05) is 4.68 Å². The smallest absolute Gasteiger partial charge is 0.252 e. The van der Waals surface area contributed by atoms with E-state index in [9.17, 15) is 4.79 Å². The van der Waals surface area contributed by atoms with E-state index >= 15 is 0 Å². The van der Waals surface area contributed by atoms with Crippen molar-refractivity contribution in [2.75, 3.05) is 0 Å². The van der Waals surface area contributed by atoms with Gasteiger partial charge in [-0.15, -0.1) is 5.10 Å². The second-order valence-electron chi connectivity index (χ2n) is 10.7. The van der Waals surface area contributed by atoms with Gasteiger partial charge in [-0.2, -0.15) is 0 Å². The fourth-order valence-corrected chi connectivity index (χ4v) is 5.27. The number of rotatable bonds is 9. The molecule has 1 aliphatic carbocycles. The predicted molar refractivity (Wildman–Crippen MR) is 137 cm³/mol. The van der Waals surface area contributed by atoms with Gasteiger partial charge in [0.2, 0.25) is 0 Å². The van der Waals surface area contributed by atoms with Crippen molar-refractivity contribution in [1.82, 2.24) is 30.1 Å². The number of nitrogens with one attached hydrogen (secondary N) is 1. The summed E-state index contributed by atoms with van der Waals surface area (Å²) >= 11 is 0. The molecule has 1 unspecified atom stereocenters. The number of pyridine rings is 1. The SMILES string of the molecule is CCCC(c1nnnn1C(C)(C)CC)N(Cc1cc2cc(C)c(C)cc2[nH]c1=O)C1CCCC1. The Morgan fingerprint density at radius 1 is 1.15 bits per heavy atom. The van der Waals surface area contributed by atoms with Crippen molar-refractivity contribution in [1.29, 1.82) is 0 Å². The molecule has 1 aliphatic rings. The summed E-state index contributed by atoms with van der Waals surface area (Å²) in [5.41, 5.74) is 3.99. The molecule has 0 radical (unpaired) electrons. The van der Waals surface area contributed by atoms with Crippen LogP contribution in [-0.2, 0) is 12.1 Å². The lowest BCUT2D eigenvalue weighted by molar-refractivity contribution is 0.102. The fourth-order valence-electron chi connectivity index (χ4n) is 5.27. The van der Waals surface area contributed by atoms with Crippen LogP contribution in [0, 0.1) is 13.8 Å². The molecule has 2 heterocycles. The van der Waals surface area contributed by atoms with Gasteiger partial charge in [-0.3, -0.25) is 9.69 Å². The zero-order valence-corrected chi connectivity index (χ0v) is 21.7. The van der Waals surface area contributed by atoms with Gasteiger partial charge in [0.05, 0.1) is 11.6 Å². The maximum Gasteiger partial charge on any atom is 0.252 e. The molecule has 0 saturated heterocycles. The Balaban J connectivity index is 1.78. The van der Waals surface area contributed by atoms with E-state index in [1.54, 1.807) is 0 Å². The van der Waals surface area contributed by atoms with Crippen molar-refractivity contribution >= 4 is 10.9 Å². The van der Waals surface area contributed by atoms with Crippen LogP contribution in [0.15, 0.2) is 23.0 Å². The van der Waals surface area contributed by atoms with Crippen molar-refractivity contribution in [3.05, 3.63) is 51.1 Å². The van der Waals surface area contributed by atoms with E-state index in [4.69, 9.17) is 0 Å². The molecule has 7 heteroatoms. The van der Waals surface area contributed by atoms with E-state index in [0.29, 0.717) is 12.6 Å². The quantitative estimate of drug-likeness (QED) is 0.448. The third-order valence-electron chi connectivity index (χ3n) is 7.87. The van der Waals surface area contributed by atoms with Gasteiger partial charge in [-0.25, -0.2) is 4.68 Å². The normalized spacial score (nSPS) is 16.1. The molecule has 7 nitrogen and oxygen atoms in total. The number of nitrogens with zero attached hydrogens (tertiary/aromatic N) is 5. The number of hydrogen-bond donors (Lipinski definition) is 1. The van der Waals surface area contributed by atoms with Gasteiger partial charge in [0.15, 0.2) is 5.82 Å². The van der Waals surface area contributed by atoms with E-state index in [0.717, 1.165) is 54.4 Å². The van der Waals surface area contributed by atoms with Crippen molar-refractivity contribution < 1.29 is 0 Å². The van der Waals surface area contributed by atoms with Crippen LogP contribution in [0.4, 0.5) is 0 Å². The first-order valence-electron chi connectivity index (χ1n) is 12.9.